The van der Waals surface area contributed by atoms with Gasteiger partial charge in [-0.25, -0.2) is 4.79 Å². The summed E-state index contributed by atoms with van der Waals surface area (Å²) in [6, 6.07) is 5.04. The molecule has 5 nitrogen and oxygen atoms in total. The molecule has 0 spiro atoms. The Morgan fingerprint density at radius 2 is 1.90 bits per heavy atom. The van der Waals surface area contributed by atoms with Crippen LogP contribution in [-0.2, 0) is 11.2 Å². The van der Waals surface area contributed by atoms with Gasteiger partial charge in [-0.2, -0.15) is 0 Å². The number of aryl methyl sites for hydroxylation is 1. The molecule has 5 heteroatoms. The predicted molar refractivity (Wildman–Crippen MR) is 84.6 cm³/mol. The summed E-state index contributed by atoms with van der Waals surface area (Å²) in [5, 5.41) is 12.6. The smallest absolute Gasteiger partial charge is 0.412 e. The van der Waals surface area contributed by atoms with Crippen LogP contribution in [0.1, 0.15) is 46.6 Å². The van der Waals surface area contributed by atoms with E-state index in [0.29, 0.717) is 12.1 Å². The largest absolute Gasteiger partial charge is 0.508 e. The Hall–Kier alpha value is -1.75. The molecular formula is C16H26N2O3. The number of amides is 1. The molecule has 0 saturated carbocycles. The summed E-state index contributed by atoms with van der Waals surface area (Å²) in [5.41, 5.74) is 6.40. The molecule has 21 heavy (non-hydrogen) atoms. The van der Waals surface area contributed by atoms with Gasteiger partial charge in [-0.15, -0.1) is 0 Å². The van der Waals surface area contributed by atoms with Gasteiger partial charge in [0.2, 0.25) is 0 Å². The minimum absolute atomic E-state index is 0.146. The molecule has 0 bridgehead atoms. The Kier molecular flexibility index (Phi) is 5.23. The van der Waals surface area contributed by atoms with E-state index in [-0.39, 0.29) is 11.3 Å². The first-order chi connectivity index (χ1) is 9.46. The number of rotatable bonds is 4. The van der Waals surface area contributed by atoms with Crippen LogP contribution in [0.2, 0.25) is 0 Å². The lowest BCUT2D eigenvalue weighted by atomic mass is 9.96. The molecule has 0 aliphatic heterocycles. The fourth-order valence-electron chi connectivity index (χ4n) is 1.73. The van der Waals surface area contributed by atoms with Crippen molar-refractivity contribution < 1.29 is 14.6 Å². The first kappa shape index (κ1) is 17.3. The van der Waals surface area contributed by atoms with E-state index < -0.39 is 11.7 Å². The minimum atomic E-state index is -0.557. The fourth-order valence-corrected chi connectivity index (χ4v) is 1.73. The number of hydrogen-bond acceptors (Lipinski definition) is 4. The number of carbonyl (C=O) groups is 1. The Labute approximate surface area is 126 Å². The molecule has 4 N–H and O–H groups in total. The van der Waals surface area contributed by atoms with E-state index in [9.17, 15) is 9.90 Å². The topological polar surface area (TPSA) is 84.6 Å². The van der Waals surface area contributed by atoms with Crippen molar-refractivity contribution in [1.29, 1.82) is 0 Å². The van der Waals surface area contributed by atoms with Crippen molar-refractivity contribution in [3.63, 3.8) is 0 Å². The molecule has 1 amide bonds. The van der Waals surface area contributed by atoms with Gasteiger partial charge in [0.15, 0.2) is 0 Å². The number of hydrogen-bond donors (Lipinski definition) is 3. The number of phenols is 1. The quantitative estimate of drug-likeness (QED) is 0.794. The van der Waals surface area contributed by atoms with Crippen LogP contribution in [0.3, 0.4) is 0 Å². The van der Waals surface area contributed by atoms with Crippen LogP contribution in [0, 0.1) is 0 Å². The Morgan fingerprint density at radius 1 is 1.29 bits per heavy atom. The molecule has 1 aromatic carbocycles. The van der Waals surface area contributed by atoms with Crippen LogP contribution < -0.4 is 11.1 Å². The molecule has 0 saturated heterocycles. The monoisotopic (exact) mass is 294 g/mol. The van der Waals surface area contributed by atoms with Crippen molar-refractivity contribution >= 4 is 11.8 Å². The Balaban J connectivity index is 2.68. The minimum Gasteiger partial charge on any atom is -0.508 e. The molecule has 0 atom stereocenters. The first-order valence-electron chi connectivity index (χ1n) is 7.07. The lowest BCUT2D eigenvalue weighted by Gasteiger charge is -2.20. The van der Waals surface area contributed by atoms with E-state index in [0.717, 1.165) is 12.0 Å². The summed E-state index contributed by atoms with van der Waals surface area (Å²) in [4.78, 5) is 11.6. The summed E-state index contributed by atoms with van der Waals surface area (Å²) in [6.45, 7) is 9.27. The molecular weight excluding hydrogens is 268 g/mol. The molecule has 0 fully saturated rings. The zero-order valence-electron chi connectivity index (χ0n) is 13.5. The Morgan fingerprint density at radius 3 is 2.38 bits per heavy atom. The highest BCUT2D eigenvalue weighted by Crippen LogP contribution is 2.25. The molecule has 0 unspecified atom stereocenters. The average molecular weight is 294 g/mol. The summed E-state index contributed by atoms with van der Waals surface area (Å²) in [6.07, 6.45) is 0.902. The van der Waals surface area contributed by atoms with Gasteiger partial charge in [-0.05, 0) is 59.1 Å². The van der Waals surface area contributed by atoms with Crippen molar-refractivity contribution in [2.75, 3.05) is 5.32 Å². The lowest BCUT2D eigenvalue weighted by molar-refractivity contribution is 0.0636. The van der Waals surface area contributed by atoms with Crippen LogP contribution in [-0.4, -0.2) is 22.3 Å². The molecule has 1 rings (SSSR count). The Bertz CT molecular complexity index is 499. The number of carbonyl (C=O) groups excluding carboxylic acids is 1. The van der Waals surface area contributed by atoms with Gasteiger partial charge in [0.1, 0.15) is 11.4 Å². The zero-order valence-corrected chi connectivity index (χ0v) is 13.5. The lowest BCUT2D eigenvalue weighted by Crippen LogP contribution is -2.32. The van der Waals surface area contributed by atoms with E-state index in [1.807, 2.05) is 13.8 Å². The van der Waals surface area contributed by atoms with Gasteiger partial charge in [-0.1, -0.05) is 6.07 Å². The predicted octanol–water partition coefficient (Wildman–Crippen LogP) is 3.41. The van der Waals surface area contributed by atoms with Gasteiger partial charge in [0, 0.05) is 17.3 Å². The standard InChI is InChI=1S/C16H26N2O3/c1-15(2,3)21-14(20)18-12-7-6-11(13(19)10-12)8-9-16(4,5)17/h6-7,10,19H,8-9,17H2,1-5H3,(H,18,20). The zero-order chi connectivity index (χ0) is 16.3. The number of benzene rings is 1. The number of nitrogens with two attached hydrogens (primary N) is 1. The van der Waals surface area contributed by atoms with E-state index in [1.54, 1.807) is 32.9 Å². The summed E-state index contributed by atoms with van der Waals surface area (Å²) in [5.74, 6) is 0.146. The number of nitrogens with one attached hydrogen (secondary N) is 1. The van der Waals surface area contributed by atoms with Crippen LogP contribution >= 0.6 is 0 Å². The fraction of sp³-hybridized carbons (Fsp3) is 0.562. The van der Waals surface area contributed by atoms with Crippen molar-refractivity contribution in [2.45, 2.75) is 58.6 Å². The van der Waals surface area contributed by atoms with Gasteiger partial charge in [0.05, 0.1) is 0 Å². The normalized spacial score (nSPS) is 12.1. The SMILES string of the molecule is CC(C)(N)CCc1ccc(NC(=O)OC(C)(C)C)cc1O. The van der Waals surface area contributed by atoms with Crippen LogP contribution in [0.15, 0.2) is 18.2 Å². The maximum absolute atomic E-state index is 11.6. The van der Waals surface area contributed by atoms with E-state index in [4.69, 9.17) is 10.5 Å². The van der Waals surface area contributed by atoms with Gasteiger partial charge in [0.25, 0.3) is 0 Å². The maximum atomic E-state index is 11.6. The highest BCUT2D eigenvalue weighted by molar-refractivity contribution is 5.85. The molecule has 0 aromatic heterocycles. The van der Waals surface area contributed by atoms with Crippen LogP contribution in [0.25, 0.3) is 0 Å². The third-order valence-electron chi connectivity index (χ3n) is 2.77. The van der Waals surface area contributed by atoms with E-state index in [2.05, 4.69) is 5.32 Å². The molecule has 0 heterocycles. The van der Waals surface area contributed by atoms with Crippen molar-refractivity contribution in [3.8, 4) is 5.75 Å². The van der Waals surface area contributed by atoms with Gasteiger partial charge in [-0.3, -0.25) is 5.32 Å². The molecule has 0 aliphatic carbocycles. The third-order valence-corrected chi connectivity index (χ3v) is 2.77. The highest BCUT2D eigenvalue weighted by atomic mass is 16.6. The van der Waals surface area contributed by atoms with Crippen molar-refractivity contribution in [1.82, 2.24) is 0 Å². The number of ether oxygens (including phenoxy) is 1. The second-order valence-electron chi connectivity index (χ2n) is 6.96. The summed E-state index contributed by atoms with van der Waals surface area (Å²) >= 11 is 0. The third kappa shape index (κ3) is 6.99. The molecule has 118 valence electrons. The average Bonchev–Trinajstić information content (AvgIpc) is 2.23. The number of aromatic hydroxyl groups is 1. The number of anilines is 1. The molecule has 0 aliphatic rings. The van der Waals surface area contributed by atoms with Gasteiger partial charge >= 0.3 is 6.09 Å². The highest BCUT2D eigenvalue weighted by Gasteiger charge is 2.17. The van der Waals surface area contributed by atoms with E-state index in [1.165, 1.54) is 6.07 Å². The van der Waals surface area contributed by atoms with Crippen molar-refractivity contribution in [3.05, 3.63) is 23.8 Å². The van der Waals surface area contributed by atoms with E-state index >= 15 is 0 Å². The van der Waals surface area contributed by atoms with Crippen LogP contribution in [0.4, 0.5) is 10.5 Å². The van der Waals surface area contributed by atoms with Crippen molar-refractivity contribution in [2.24, 2.45) is 5.73 Å². The maximum Gasteiger partial charge on any atom is 0.412 e. The number of phenolic OH excluding ortho intramolecular Hbond substituents is 1. The summed E-state index contributed by atoms with van der Waals surface area (Å²) < 4.78 is 5.16. The molecule has 1 aromatic rings. The second-order valence-corrected chi connectivity index (χ2v) is 6.96. The van der Waals surface area contributed by atoms with Crippen LogP contribution in [0.5, 0.6) is 5.75 Å². The first-order valence-corrected chi connectivity index (χ1v) is 7.07. The van der Waals surface area contributed by atoms with Gasteiger partial charge < -0.3 is 15.6 Å². The summed E-state index contributed by atoms with van der Waals surface area (Å²) in [7, 11) is 0. The second kappa shape index (κ2) is 6.35. The molecule has 0 radical (unpaired) electrons.